The first-order valence-electron chi connectivity index (χ1n) is 6.77. The van der Waals surface area contributed by atoms with E-state index in [1.807, 2.05) is 6.07 Å². The van der Waals surface area contributed by atoms with Gasteiger partial charge in [-0.15, -0.1) is 0 Å². The second-order valence-electron chi connectivity index (χ2n) is 5.08. The molecule has 2 aromatic rings. The van der Waals surface area contributed by atoms with E-state index in [1.165, 1.54) is 30.1 Å². The summed E-state index contributed by atoms with van der Waals surface area (Å²) in [7, 11) is -3.94. The molecule has 0 aliphatic rings. The van der Waals surface area contributed by atoms with Crippen molar-refractivity contribution in [1.29, 1.82) is 5.26 Å². The highest BCUT2D eigenvalue weighted by molar-refractivity contribution is 7.92. The third kappa shape index (κ3) is 3.51. The molecule has 0 fully saturated rings. The predicted molar refractivity (Wildman–Crippen MR) is 82.9 cm³/mol. The zero-order chi connectivity index (χ0) is 18.0. The van der Waals surface area contributed by atoms with Gasteiger partial charge in [0.2, 0.25) is 0 Å². The van der Waals surface area contributed by atoms with E-state index in [-0.39, 0.29) is 12.2 Å². The number of benzene rings is 2. The lowest BCUT2D eigenvalue weighted by molar-refractivity contribution is -0.0435. The summed E-state index contributed by atoms with van der Waals surface area (Å²) >= 11 is 0. The Balaban J connectivity index is 2.37. The van der Waals surface area contributed by atoms with Gasteiger partial charge < -0.3 is 4.90 Å². The summed E-state index contributed by atoms with van der Waals surface area (Å²) in [5, 5.41) is 8.76. The van der Waals surface area contributed by atoms with Crippen molar-refractivity contribution in [3.05, 3.63) is 59.7 Å². The quantitative estimate of drug-likeness (QED) is 0.843. The van der Waals surface area contributed by atoms with Gasteiger partial charge in [-0.05, 0) is 29.8 Å². The first-order valence-corrected chi connectivity index (χ1v) is 8.25. The van der Waals surface area contributed by atoms with E-state index < -0.39 is 20.2 Å². The van der Waals surface area contributed by atoms with Crippen LogP contribution in [0, 0.1) is 11.3 Å². The lowest BCUT2D eigenvalue weighted by Crippen LogP contribution is -2.26. The summed E-state index contributed by atoms with van der Waals surface area (Å²) in [6, 6.07) is 13.4. The molecule has 0 unspecified atom stereocenters. The SMILES string of the molecule is CN(Cc1ccc(C#N)cc1)c1ccccc1S(=O)(=O)C(F)(F)F. The van der Waals surface area contributed by atoms with Crippen LogP contribution in [-0.2, 0) is 16.4 Å². The molecule has 0 heterocycles. The van der Waals surface area contributed by atoms with E-state index in [0.717, 1.165) is 11.6 Å². The fraction of sp³-hybridized carbons (Fsp3) is 0.188. The maximum Gasteiger partial charge on any atom is 0.501 e. The molecule has 2 aromatic carbocycles. The van der Waals surface area contributed by atoms with Gasteiger partial charge in [-0.3, -0.25) is 0 Å². The molecule has 24 heavy (non-hydrogen) atoms. The summed E-state index contributed by atoms with van der Waals surface area (Å²) in [4.78, 5) is 0.633. The first kappa shape index (κ1) is 17.8. The van der Waals surface area contributed by atoms with Crippen LogP contribution in [0.3, 0.4) is 0 Å². The third-order valence-electron chi connectivity index (χ3n) is 3.37. The molecule has 0 saturated heterocycles. The number of anilines is 1. The summed E-state index contributed by atoms with van der Waals surface area (Å²) in [5.41, 5.74) is -4.21. The summed E-state index contributed by atoms with van der Waals surface area (Å²) in [6.45, 7) is 0.191. The monoisotopic (exact) mass is 354 g/mol. The van der Waals surface area contributed by atoms with Crippen LogP contribution in [-0.4, -0.2) is 21.0 Å². The van der Waals surface area contributed by atoms with Gasteiger partial charge in [0.25, 0.3) is 9.84 Å². The number of alkyl halides is 3. The molecule has 0 radical (unpaired) electrons. The van der Waals surface area contributed by atoms with E-state index in [0.29, 0.717) is 5.56 Å². The molecule has 4 nitrogen and oxygen atoms in total. The Morgan fingerprint density at radius 1 is 1.08 bits per heavy atom. The van der Waals surface area contributed by atoms with Gasteiger partial charge in [-0.1, -0.05) is 24.3 Å². The maximum atomic E-state index is 12.8. The van der Waals surface area contributed by atoms with Gasteiger partial charge in [-0.25, -0.2) is 8.42 Å². The van der Waals surface area contributed by atoms with Crippen LogP contribution in [0.4, 0.5) is 18.9 Å². The largest absolute Gasteiger partial charge is 0.501 e. The van der Waals surface area contributed by atoms with Crippen LogP contribution >= 0.6 is 0 Å². The van der Waals surface area contributed by atoms with Crippen molar-refractivity contribution < 1.29 is 21.6 Å². The fourth-order valence-corrected chi connectivity index (χ4v) is 3.17. The molecule has 8 heteroatoms. The molecule has 0 spiro atoms. The van der Waals surface area contributed by atoms with Crippen LogP contribution in [0.15, 0.2) is 53.4 Å². The summed E-state index contributed by atoms with van der Waals surface area (Å²) in [5.74, 6) is 0. The van der Waals surface area contributed by atoms with Gasteiger partial charge in [0, 0.05) is 13.6 Å². The van der Waals surface area contributed by atoms with E-state index in [4.69, 9.17) is 5.26 Å². The van der Waals surface area contributed by atoms with Gasteiger partial charge >= 0.3 is 5.51 Å². The standard InChI is InChI=1S/C16H13F3N2O2S/c1-21(11-13-8-6-12(10-20)7-9-13)14-4-2-3-5-15(14)24(22,23)16(17,18)19/h2-9H,11H2,1H3. The molecule has 0 aliphatic carbocycles. The Kier molecular flexibility index (Phi) is 4.85. The van der Waals surface area contributed by atoms with Gasteiger partial charge in [0.15, 0.2) is 0 Å². The predicted octanol–water partition coefficient (Wildman–Crippen LogP) is 3.49. The molecule has 0 saturated carbocycles. The lowest BCUT2D eigenvalue weighted by Gasteiger charge is -2.23. The summed E-state index contributed by atoms with van der Waals surface area (Å²) < 4.78 is 62.0. The number of nitriles is 1. The van der Waals surface area contributed by atoms with Gasteiger partial charge in [-0.2, -0.15) is 18.4 Å². The average molecular weight is 354 g/mol. The van der Waals surface area contributed by atoms with Crippen LogP contribution in [0.25, 0.3) is 0 Å². The molecule has 0 N–H and O–H groups in total. The Bertz CT molecular complexity index is 869. The number of nitrogens with zero attached hydrogens (tertiary/aromatic N) is 2. The first-order chi connectivity index (χ1) is 11.2. The number of rotatable bonds is 4. The van der Waals surface area contributed by atoms with Crippen LogP contribution in [0.1, 0.15) is 11.1 Å². The van der Waals surface area contributed by atoms with Crippen molar-refractivity contribution in [2.75, 3.05) is 11.9 Å². The second kappa shape index (κ2) is 6.53. The van der Waals surface area contributed by atoms with Crippen LogP contribution < -0.4 is 4.90 Å². The van der Waals surface area contributed by atoms with Crippen molar-refractivity contribution >= 4 is 15.5 Å². The Morgan fingerprint density at radius 3 is 2.21 bits per heavy atom. The summed E-state index contributed by atoms with van der Waals surface area (Å²) in [6.07, 6.45) is 0. The molecule has 2 rings (SSSR count). The zero-order valence-electron chi connectivity index (χ0n) is 12.6. The molecule has 126 valence electrons. The van der Waals surface area contributed by atoms with Crippen molar-refractivity contribution in [3.63, 3.8) is 0 Å². The molecule has 0 aromatic heterocycles. The maximum absolute atomic E-state index is 12.8. The number of hydrogen-bond donors (Lipinski definition) is 0. The minimum atomic E-state index is -5.44. The number of hydrogen-bond acceptors (Lipinski definition) is 4. The topological polar surface area (TPSA) is 61.2 Å². The minimum Gasteiger partial charge on any atom is -0.369 e. The number of para-hydroxylation sites is 1. The average Bonchev–Trinajstić information content (AvgIpc) is 2.54. The molecular weight excluding hydrogens is 341 g/mol. The normalized spacial score (nSPS) is 11.8. The van der Waals surface area contributed by atoms with Crippen molar-refractivity contribution in [2.45, 2.75) is 16.9 Å². The Hall–Kier alpha value is -2.53. The van der Waals surface area contributed by atoms with Gasteiger partial charge in [0.05, 0.1) is 22.2 Å². The van der Waals surface area contributed by atoms with E-state index >= 15 is 0 Å². The van der Waals surface area contributed by atoms with Crippen molar-refractivity contribution in [2.24, 2.45) is 0 Å². The van der Waals surface area contributed by atoms with Crippen LogP contribution in [0.2, 0.25) is 0 Å². The Labute approximate surface area is 137 Å². The van der Waals surface area contributed by atoms with Crippen molar-refractivity contribution in [3.8, 4) is 6.07 Å². The highest BCUT2D eigenvalue weighted by atomic mass is 32.2. The zero-order valence-corrected chi connectivity index (χ0v) is 13.4. The Morgan fingerprint density at radius 2 is 1.67 bits per heavy atom. The molecular formula is C16H13F3N2O2S. The minimum absolute atomic E-state index is 0.0424. The van der Waals surface area contributed by atoms with Crippen LogP contribution in [0.5, 0.6) is 0 Å². The lowest BCUT2D eigenvalue weighted by atomic mass is 10.1. The van der Waals surface area contributed by atoms with E-state index in [1.54, 1.807) is 24.3 Å². The fourth-order valence-electron chi connectivity index (χ4n) is 2.17. The molecule has 0 atom stereocenters. The molecule has 0 aliphatic heterocycles. The van der Waals surface area contributed by atoms with E-state index in [9.17, 15) is 21.6 Å². The molecule has 0 amide bonds. The molecule has 0 bridgehead atoms. The number of sulfone groups is 1. The van der Waals surface area contributed by atoms with Crippen molar-refractivity contribution in [1.82, 2.24) is 0 Å². The smallest absolute Gasteiger partial charge is 0.369 e. The van der Waals surface area contributed by atoms with Gasteiger partial charge in [0.1, 0.15) is 0 Å². The second-order valence-corrected chi connectivity index (χ2v) is 6.99. The van der Waals surface area contributed by atoms with E-state index in [2.05, 4.69) is 0 Å². The highest BCUT2D eigenvalue weighted by Gasteiger charge is 2.48. The third-order valence-corrected chi connectivity index (χ3v) is 4.91. The highest BCUT2D eigenvalue weighted by Crippen LogP contribution is 2.35. The number of halogens is 3.